The molecule has 4 nitrogen and oxygen atoms in total. The first kappa shape index (κ1) is 41.3. The van der Waals surface area contributed by atoms with E-state index in [1.54, 1.807) is 0 Å². The average molecular weight is 616 g/mol. The molecule has 1 aromatic carbocycles. The van der Waals surface area contributed by atoms with Crippen LogP contribution in [0, 0.1) is 18.3 Å². The number of carbonyl (C=O) groups is 1. The number of hydrogen-bond donors (Lipinski definition) is 1. The molecule has 4 atom stereocenters. The van der Waals surface area contributed by atoms with Crippen LogP contribution in [0.1, 0.15) is 181 Å². The van der Waals surface area contributed by atoms with Crippen LogP contribution in [0.3, 0.4) is 0 Å². The number of amides is 1. The first-order chi connectivity index (χ1) is 20.5. The smallest absolute Gasteiger partial charge is 0.272 e. The summed E-state index contributed by atoms with van der Waals surface area (Å²) < 4.78 is 2.09. The van der Waals surface area contributed by atoms with Crippen LogP contribution in [-0.2, 0) is 0 Å². The van der Waals surface area contributed by atoms with E-state index in [-0.39, 0.29) is 17.4 Å². The lowest BCUT2D eigenvalue weighted by atomic mass is 9.77. The van der Waals surface area contributed by atoms with Gasteiger partial charge in [-0.15, -0.1) is 9.24 Å². The SMILES string of the molecule is CC.CC.CCCCCCCC(CCCC)c1c(C)c(C(=O)NC(C(C)CCCC)C(C)(C)C)nn1-c1ccc(P)cc1. The number of nitrogens with zero attached hydrogens (tertiary/aromatic N) is 2. The summed E-state index contributed by atoms with van der Waals surface area (Å²) in [6.45, 7) is 25.9. The van der Waals surface area contributed by atoms with Crippen LogP contribution >= 0.6 is 9.24 Å². The lowest BCUT2D eigenvalue weighted by molar-refractivity contribution is 0.0856. The molecule has 2 aromatic rings. The van der Waals surface area contributed by atoms with Crippen LogP contribution in [0.4, 0.5) is 0 Å². The van der Waals surface area contributed by atoms with Gasteiger partial charge in [0.15, 0.2) is 5.69 Å². The molecule has 5 heteroatoms. The van der Waals surface area contributed by atoms with Gasteiger partial charge in [-0.2, -0.15) is 5.10 Å². The molecule has 0 aliphatic rings. The van der Waals surface area contributed by atoms with Gasteiger partial charge in [0, 0.05) is 17.5 Å². The van der Waals surface area contributed by atoms with Crippen molar-refractivity contribution in [1.29, 1.82) is 0 Å². The van der Waals surface area contributed by atoms with Crippen molar-refractivity contribution in [1.82, 2.24) is 15.1 Å². The molecule has 1 heterocycles. The van der Waals surface area contributed by atoms with Gasteiger partial charge >= 0.3 is 0 Å². The molecular formula is C38H70N3OP. The highest BCUT2D eigenvalue weighted by molar-refractivity contribution is 7.27. The van der Waals surface area contributed by atoms with Crippen molar-refractivity contribution in [2.75, 3.05) is 0 Å². The molecule has 0 aliphatic carbocycles. The highest BCUT2D eigenvalue weighted by Crippen LogP contribution is 2.34. The van der Waals surface area contributed by atoms with Crippen LogP contribution < -0.4 is 10.6 Å². The van der Waals surface area contributed by atoms with E-state index in [2.05, 4.69) is 98.9 Å². The third-order valence-corrected chi connectivity index (χ3v) is 8.66. The average Bonchev–Trinajstić information content (AvgIpc) is 3.34. The van der Waals surface area contributed by atoms with Crippen LogP contribution in [0.15, 0.2) is 24.3 Å². The minimum absolute atomic E-state index is 0.0289. The van der Waals surface area contributed by atoms with E-state index in [1.807, 2.05) is 27.7 Å². The number of carbonyl (C=O) groups excluding carboxylic acids is 1. The number of rotatable bonds is 17. The number of hydrogen-bond acceptors (Lipinski definition) is 2. The van der Waals surface area contributed by atoms with Crippen LogP contribution in [0.2, 0.25) is 0 Å². The van der Waals surface area contributed by atoms with E-state index in [0.29, 0.717) is 17.5 Å². The molecule has 0 fully saturated rings. The lowest BCUT2D eigenvalue weighted by Crippen LogP contribution is -2.48. The van der Waals surface area contributed by atoms with Crippen molar-refractivity contribution in [3.8, 4) is 5.69 Å². The van der Waals surface area contributed by atoms with E-state index in [4.69, 9.17) is 5.10 Å². The van der Waals surface area contributed by atoms with E-state index < -0.39 is 0 Å². The van der Waals surface area contributed by atoms with Crippen molar-refractivity contribution in [2.45, 2.75) is 172 Å². The summed E-state index contributed by atoms with van der Waals surface area (Å²) in [5.41, 5.74) is 3.87. The molecule has 0 spiro atoms. The Labute approximate surface area is 270 Å². The number of unbranched alkanes of at least 4 members (excludes halogenated alkanes) is 6. The topological polar surface area (TPSA) is 46.9 Å². The van der Waals surface area contributed by atoms with Gasteiger partial charge in [-0.05, 0) is 55.0 Å². The molecule has 2 rings (SSSR count). The molecule has 0 bridgehead atoms. The first-order valence-electron chi connectivity index (χ1n) is 17.8. The summed E-state index contributed by atoms with van der Waals surface area (Å²) in [5.74, 6) is 0.777. The van der Waals surface area contributed by atoms with E-state index in [0.717, 1.165) is 35.8 Å². The predicted octanol–water partition coefficient (Wildman–Crippen LogP) is 11.3. The van der Waals surface area contributed by atoms with Crippen LogP contribution in [0.25, 0.3) is 5.69 Å². The zero-order valence-electron chi connectivity index (χ0n) is 30.4. The summed E-state index contributed by atoms with van der Waals surface area (Å²) in [5, 5.41) is 9.65. The second-order valence-electron chi connectivity index (χ2n) is 12.8. The Morgan fingerprint density at radius 1 is 0.837 bits per heavy atom. The Kier molecular flexibility index (Phi) is 21.9. The van der Waals surface area contributed by atoms with E-state index in [1.165, 1.54) is 63.5 Å². The maximum Gasteiger partial charge on any atom is 0.272 e. The largest absolute Gasteiger partial charge is 0.347 e. The number of benzene rings is 1. The van der Waals surface area contributed by atoms with Gasteiger partial charge in [-0.3, -0.25) is 4.79 Å². The molecule has 248 valence electrons. The third-order valence-electron chi connectivity index (χ3n) is 8.27. The highest BCUT2D eigenvalue weighted by atomic mass is 31.0. The van der Waals surface area contributed by atoms with Gasteiger partial charge in [0.1, 0.15) is 0 Å². The molecule has 0 saturated heterocycles. The molecule has 4 unspecified atom stereocenters. The fourth-order valence-corrected chi connectivity index (χ4v) is 6.19. The van der Waals surface area contributed by atoms with E-state index in [9.17, 15) is 4.79 Å². The Hall–Kier alpha value is -1.67. The van der Waals surface area contributed by atoms with Gasteiger partial charge in [0.25, 0.3) is 5.91 Å². The molecule has 0 saturated carbocycles. The zero-order chi connectivity index (χ0) is 33.0. The summed E-state index contributed by atoms with van der Waals surface area (Å²) >= 11 is 0. The second kappa shape index (κ2) is 22.8. The van der Waals surface area contributed by atoms with Crippen LogP contribution in [-0.4, -0.2) is 21.7 Å². The van der Waals surface area contributed by atoms with Crippen molar-refractivity contribution >= 4 is 20.5 Å². The van der Waals surface area contributed by atoms with E-state index >= 15 is 0 Å². The monoisotopic (exact) mass is 616 g/mol. The molecule has 0 aliphatic heterocycles. The third kappa shape index (κ3) is 13.9. The van der Waals surface area contributed by atoms with Gasteiger partial charge in [0.2, 0.25) is 0 Å². The summed E-state index contributed by atoms with van der Waals surface area (Å²) in [6, 6.07) is 8.57. The maximum atomic E-state index is 13.9. The van der Waals surface area contributed by atoms with Gasteiger partial charge in [-0.25, -0.2) is 4.68 Å². The molecule has 1 aromatic heterocycles. The number of nitrogens with one attached hydrogen (secondary N) is 1. The summed E-state index contributed by atoms with van der Waals surface area (Å²) in [4.78, 5) is 13.9. The van der Waals surface area contributed by atoms with Crippen LogP contribution in [0.5, 0.6) is 0 Å². The minimum atomic E-state index is -0.0318. The highest BCUT2D eigenvalue weighted by Gasteiger charge is 2.33. The zero-order valence-corrected chi connectivity index (χ0v) is 31.6. The Balaban J connectivity index is 0.00000422. The van der Waals surface area contributed by atoms with Gasteiger partial charge < -0.3 is 5.32 Å². The summed E-state index contributed by atoms with van der Waals surface area (Å²) in [7, 11) is 2.77. The van der Waals surface area contributed by atoms with Gasteiger partial charge in [0.05, 0.1) is 11.4 Å². The Morgan fingerprint density at radius 2 is 1.35 bits per heavy atom. The van der Waals surface area contributed by atoms with Gasteiger partial charge in [-0.1, -0.05) is 146 Å². The minimum Gasteiger partial charge on any atom is -0.347 e. The fraction of sp³-hybridized carbons (Fsp3) is 0.737. The second-order valence-corrected chi connectivity index (χ2v) is 13.5. The van der Waals surface area contributed by atoms with Crippen molar-refractivity contribution in [2.24, 2.45) is 11.3 Å². The normalized spacial score (nSPS) is 13.2. The molecule has 43 heavy (non-hydrogen) atoms. The quantitative estimate of drug-likeness (QED) is 0.142. The summed E-state index contributed by atoms with van der Waals surface area (Å²) in [6.07, 6.45) is 14.5. The molecule has 0 radical (unpaired) electrons. The maximum absolute atomic E-state index is 13.9. The van der Waals surface area contributed by atoms with Crippen molar-refractivity contribution < 1.29 is 4.79 Å². The molecule has 1 N–H and O–H groups in total. The number of aromatic nitrogens is 2. The predicted molar refractivity (Wildman–Crippen MR) is 195 cm³/mol. The van der Waals surface area contributed by atoms with Crippen molar-refractivity contribution in [3.05, 3.63) is 41.2 Å². The molecular weight excluding hydrogens is 545 g/mol. The Bertz CT molecular complexity index is 990. The molecule has 1 amide bonds. The Morgan fingerprint density at radius 3 is 1.88 bits per heavy atom. The van der Waals surface area contributed by atoms with Crippen molar-refractivity contribution in [3.63, 3.8) is 0 Å². The standard InChI is InChI=1S/C34H58N3OP.2C2H6/c1-9-12-15-16-17-20-27(19-14-11-3)31-26(5)30(36-37(31)28-21-23-29(39)24-22-28)33(38)35-32(34(6,7)8)25(4)18-13-10-2;2*1-2/h21-25,27,32H,9-20,39H2,1-8H3,(H,35,38);2*1-2H3. The lowest BCUT2D eigenvalue weighted by Gasteiger charge is -2.36. The first-order valence-corrected chi connectivity index (χ1v) is 18.4. The fourth-order valence-electron chi connectivity index (χ4n) is 5.99.